The molecule has 4 atom stereocenters. The summed E-state index contributed by atoms with van der Waals surface area (Å²) < 4.78 is 67.8. The lowest BCUT2D eigenvalue weighted by Crippen LogP contribution is -2.61. The van der Waals surface area contributed by atoms with Crippen LogP contribution in [-0.4, -0.2) is 30.8 Å². The van der Waals surface area contributed by atoms with E-state index in [4.69, 9.17) is 23.7 Å². The van der Waals surface area contributed by atoms with E-state index in [1.807, 2.05) is 140 Å². The first-order valence-corrected chi connectivity index (χ1v) is 20.5. The fourth-order valence-electron chi connectivity index (χ4n) is 7.40. The normalized spacial score (nSPS) is 18.9. The molecule has 1 fully saturated rings. The van der Waals surface area contributed by atoms with E-state index in [9.17, 15) is 0 Å². The molecule has 7 aromatic rings. The van der Waals surface area contributed by atoms with Crippen molar-refractivity contribution in [1.82, 2.24) is 0 Å². The summed E-state index contributed by atoms with van der Waals surface area (Å²) in [6, 6.07) is 52.9. The van der Waals surface area contributed by atoms with E-state index in [1.54, 1.807) is 11.3 Å². The molecule has 5 nitrogen and oxygen atoms in total. The average Bonchev–Trinajstić information content (AvgIpc) is 3.67. The van der Waals surface area contributed by atoms with Crippen molar-refractivity contribution >= 4 is 21.4 Å². The number of hydrogen-bond donors (Lipinski definition) is 0. The summed E-state index contributed by atoms with van der Waals surface area (Å²) in [5.41, 5.74) is 6.14. The summed E-state index contributed by atoms with van der Waals surface area (Å²) in [6.07, 6.45) is -4.96. The van der Waals surface area contributed by atoms with Crippen LogP contribution in [-0.2, 0) is 51.8 Å². The Bertz CT molecular complexity index is 2320. The van der Waals surface area contributed by atoms with Gasteiger partial charge in [-0.3, -0.25) is 0 Å². The Morgan fingerprint density at radius 3 is 1.79 bits per heavy atom. The minimum absolute atomic E-state index is 0.0426. The fourth-order valence-corrected chi connectivity index (χ4v) is 8.49. The van der Waals surface area contributed by atoms with Crippen LogP contribution >= 0.6 is 11.3 Å². The second-order valence-electron chi connectivity index (χ2n) is 14.7. The molecular weight excluding hydrogens is 751 g/mol. The van der Waals surface area contributed by atoms with Gasteiger partial charge in [0.1, 0.15) is 30.7 Å². The van der Waals surface area contributed by atoms with E-state index in [1.165, 1.54) is 15.0 Å². The molecule has 0 aliphatic carbocycles. The Kier molecular flexibility index (Phi) is 12.7. The predicted molar refractivity (Wildman–Crippen MR) is 225 cm³/mol. The van der Waals surface area contributed by atoms with Gasteiger partial charge in [0.05, 0.1) is 26.4 Å². The molecule has 2 heterocycles. The van der Waals surface area contributed by atoms with Crippen molar-refractivity contribution in [2.45, 2.75) is 70.1 Å². The summed E-state index contributed by atoms with van der Waals surface area (Å²) in [6.45, 7) is 2.16. The third-order valence-corrected chi connectivity index (χ3v) is 11.6. The van der Waals surface area contributed by atoms with E-state index in [2.05, 4.69) is 31.2 Å². The van der Waals surface area contributed by atoms with Gasteiger partial charge in [-0.15, -0.1) is 11.3 Å². The zero-order chi connectivity index (χ0) is 39.7. The lowest BCUT2D eigenvalue weighted by molar-refractivity contribution is -0.320. The molecule has 0 saturated carbocycles. The highest BCUT2D eigenvalue weighted by molar-refractivity contribution is 7.19. The van der Waals surface area contributed by atoms with Crippen LogP contribution in [0.15, 0.2) is 164 Å². The van der Waals surface area contributed by atoms with Crippen LogP contribution < -0.4 is 4.74 Å². The largest absolute Gasteiger partial charge is 0.489 e. The van der Waals surface area contributed by atoms with Crippen molar-refractivity contribution in [2.75, 3.05) is 6.61 Å². The molecule has 1 saturated heterocycles. The first-order valence-electron chi connectivity index (χ1n) is 19.6. The van der Waals surface area contributed by atoms with Crippen LogP contribution in [0.3, 0.4) is 0 Å². The zero-order valence-corrected chi connectivity index (χ0v) is 33.2. The maximum atomic E-state index is 17.2. The summed E-state index contributed by atoms with van der Waals surface area (Å²) in [7, 11) is 0. The van der Waals surface area contributed by atoms with Gasteiger partial charge in [0.2, 0.25) is 0 Å². The quantitative estimate of drug-likeness (QED) is 0.0975. The zero-order valence-electron chi connectivity index (χ0n) is 32.3. The first kappa shape index (κ1) is 39.6. The first-order chi connectivity index (χ1) is 28.4. The smallest absolute Gasteiger partial charge is 0.304 e. The van der Waals surface area contributed by atoms with Crippen molar-refractivity contribution < 1.29 is 32.5 Å². The van der Waals surface area contributed by atoms with Crippen LogP contribution in [0.5, 0.6) is 5.75 Å². The Hall–Kier alpha value is -5.22. The molecule has 1 aliphatic rings. The van der Waals surface area contributed by atoms with Crippen LogP contribution in [0.4, 0.5) is 8.78 Å². The molecule has 6 aromatic carbocycles. The van der Waals surface area contributed by atoms with E-state index < -0.39 is 30.3 Å². The fraction of sp³-hybridized carbons (Fsp3) is 0.240. The number of ether oxygens (including phenoxy) is 5. The third kappa shape index (κ3) is 9.55. The lowest BCUT2D eigenvalue weighted by Gasteiger charge is -2.46. The second-order valence-corrected chi connectivity index (χ2v) is 15.9. The van der Waals surface area contributed by atoms with Crippen molar-refractivity contribution in [3.05, 3.63) is 208 Å². The molecule has 0 radical (unpaired) electrons. The lowest BCUT2D eigenvalue weighted by atomic mass is 9.87. The third-order valence-electron chi connectivity index (χ3n) is 10.5. The number of fused-ring (bicyclic) bond motifs is 1. The minimum Gasteiger partial charge on any atom is -0.489 e. The van der Waals surface area contributed by atoms with E-state index in [0.717, 1.165) is 33.4 Å². The molecule has 296 valence electrons. The number of halogens is 2. The maximum Gasteiger partial charge on any atom is 0.304 e. The average molecular weight is 797 g/mol. The number of aryl methyl sites for hydroxylation is 1. The summed E-state index contributed by atoms with van der Waals surface area (Å²) >= 11 is 1.75. The van der Waals surface area contributed by atoms with Crippen molar-refractivity contribution in [3.8, 4) is 5.75 Å². The SMILES string of the molecule is Cc1cc(OCc2ccccc2)c([C@@H]2O[C@H](COCc3ccccc3)C(F)(F)[C@H](OCc3ccccc3)[C@H]2OCc2ccccc2)cc1Cc1cc2ccccc2s1. The molecule has 0 N–H and O–H groups in total. The Morgan fingerprint density at radius 1 is 0.621 bits per heavy atom. The van der Waals surface area contributed by atoms with Crippen LogP contribution in [0, 0.1) is 6.92 Å². The summed E-state index contributed by atoms with van der Waals surface area (Å²) in [5, 5.41) is 1.19. The molecule has 0 bridgehead atoms. The maximum absolute atomic E-state index is 17.2. The number of thiophene rings is 1. The van der Waals surface area contributed by atoms with Crippen LogP contribution in [0.2, 0.25) is 0 Å². The summed E-state index contributed by atoms with van der Waals surface area (Å²) in [4.78, 5) is 1.19. The van der Waals surface area contributed by atoms with Gasteiger partial charge in [-0.2, -0.15) is 0 Å². The molecule has 1 aliphatic heterocycles. The van der Waals surface area contributed by atoms with Gasteiger partial charge in [0, 0.05) is 21.6 Å². The molecule has 0 unspecified atom stereocenters. The molecule has 8 rings (SSSR count). The van der Waals surface area contributed by atoms with E-state index in [-0.39, 0.29) is 33.0 Å². The predicted octanol–water partition coefficient (Wildman–Crippen LogP) is 11.8. The van der Waals surface area contributed by atoms with E-state index >= 15 is 8.78 Å². The highest BCUT2D eigenvalue weighted by atomic mass is 32.1. The number of alkyl halides is 2. The minimum atomic E-state index is -3.50. The number of benzene rings is 6. The van der Waals surface area contributed by atoms with Gasteiger partial charge < -0.3 is 23.7 Å². The number of rotatable bonds is 16. The summed E-state index contributed by atoms with van der Waals surface area (Å²) in [5.74, 6) is -2.96. The molecular formula is C50H46F2O5S. The van der Waals surface area contributed by atoms with Gasteiger partial charge in [-0.05, 0) is 70.0 Å². The standard InChI is InChI=1S/C50H46F2O5S/c1-35-26-44(54-31-37-18-8-3-9-19-37)43(29-41(35)28-42-27-40-24-14-15-25-45(40)58-42)47-48(55-32-38-20-10-4-11-21-38)49(56-33-39-22-12-5-13-23-39)50(51,52)46(57-47)34-53-30-36-16-6-2-7-17-36/h2-27,29,46-49H,28,30-34H2,1H3/t46-,47+,48+,49-/m1/s1. The molecule has 1 aromatic heterocycles. The molecule has 0 spiro atoms. The van der Waals surface area contributed by atoms with Crippen molar-refractivity contribution in [3.63, 3.8) is 0 Å². The van der Waals surface area contributed by atoms with Gasteiger partial charge in [-0.25, -0.2) is 8.78 Å². The van der Waals surface area contributed by atoms with Crippen molar-refractivity contribution in [2.24, 2.45) is 0 Å². The van der Waals surface area contributed by atoms with E-state index in [0.29, 0.717) is 17.7 Å². The topological polar surface area (TPSA) is 46.2 Å². The second kappa shape index (κ2) is 18.6. The van der Waals surface area contributed by atoms with Crippen LogP contribution in [0.1, 0.15) is 49.9 Å². The van der Waals surface area contributed by atoms with Crippen LogP contribution in [0.25, 0.3) is 10.1 Å². The monoisotopic (exact) mass is 796 g/mol. The Morgan fingerprint density at radius 2 is 1.17 bits per heavy atom. The van der Waals surface area contributed by atoms with Gasteiger partial charge >= 0.3 is 5.92 Å². The molecule has 58 heavy (non-hydrogen) atoms. The Balaban J connectivity index is 1.21. The molecule has 8 heteroatoms. The van der Waals surface area contributed by atoms with Gasteiger partial charge in [-0.1, -0.05) is 140 Å². The van der Waals surface area contributed by atoms with Crippen molar-refractivity contribution in [1.29, 1.82) is 0 Å². The highest BCUT2D eigenvalue weighted by Gasteiger charge is 2.60. The highest BCUT2D eigenvalue weighted by Crippen LogP contribution is 2.47. The molecule has 0 amide bonds. The van der Waals surface area contributed by atoms with Gasteiger partial charge in [0.25, 0.3) is 0 Å². The Labute approximate surface area is 342 Å². The number of hydrogen-bond acceptors (Lipinski definition) is 6. The van der Waals surface area contributed by atoms with Gasteiger partial charge in [0.15, 0.2) is 6.10 Å².